The quantitative estimate of drug-likeness (QED) is 0.836. The molecule has 1 aromatic carbocycles. The first-order valence-corrected chi connectivity index (χ1v) is 8.94. The van der Waals surface area contributed by atoms with Crippen LogP contribution in [0.1, 0.15) is 21.1 Å². The van der Waals surface area contributed by atoms with Crippen molar-refractivity contribution in [3.8, 4) is 0 Å². The number of nitrogens with one attached hydrogen (secondary N) is 1. The molecule has 3 N–H and O–H groups in total. The molecule has 2 aromatic rings. The second kappa shape index (κ2) is 8.19. The van der Waals surface area contributed by atoms with Gasteiger partial charge in [-0.05, 0) is 17.7 Å². The number of ether oxygens (including phenoxy) is 1. The maximum atomic E-state index is 12.2. The van der Waals surface area contributed by atoms with Gasteiger partial charge in [0.2, 0.25) is 5.91 Å². The van der Waals surface area contributed by atoms with Crippen molar-refractivity contribution in [3.05, 3.63) is 45.9 Å². The van der Waals surface area contributed by atoms with E-state index in [4.69, 9.17) is 10.5 Å². The van der Waals surface area contributed by atoms with E-state index in [0.717, 1.165) is 10.6 Å². The molecule has 1 saturated heterocycles. The Balaban J connectivity index is 1.56. The molecule has 1 aliphatic heterocycles. The highest BCUT2D eigenvalue weighted by Gasteiger charge is 2.17. The van der Waals surface area contributed by atoms with E-state index in [-0.39, 0.29) is 11.8 Å². The first-order valence-electron chi connectivity index (χ1n) is 8.06. The molecular formula is C17H20N4O3S. The standard InChI is InChI=1S/C17H20N4O3S/c18-10-15-20-14(11-25-15)17(23)19-13-3-1-12(2-4-13)9-16(22)21-5-7-24-8-6-21/h1-4,11H,5-10,18H2,(H,19,23). The molecule has 0 bridgehead atoms. The largest absolute Gasteiger partial charge is 0.378 e. The first kappa shape index (κ1) is 17.5. The van der Waals surface area contributed by atoms with E-state index in [1.807, 2.05) is 17.0 Å². The third-order valence-electron chi connectivity index (χ3n) is 3.89. The number of carbonyl (C=O) groups is 2. The van der Waals surface area contributed by atoms with Crippen LogP contribution in [0.15, 0.2) is 29.6 Å². The zero-order valence-corrected chi connectivity index (χ0v) is 14.6. The Labute approximate surface area is 149 Å². The lowest BCUT2D eigenvalue weighted by Gasteiger charge is -2.26. The zero-order valence-electron chi connectivity index (χ0n) is 13.7. The Kier molecular flexibility index (Phi) is 5.75. The predicted octanol–water partition coefficient (Wildman–Crippen LogP) is 1.26. The van der Waals surface area contributed by atoms with Gasteiger partial charge < -0.3 is 20.7 Å². The van der Waals surface area contributed by atoms with Crippen LogP contribution in [-0.4, -0.2) is 48.0 Å². The van der Waals surface area contributed by atoms with Gasteiger partial charge in [-0.15, -0.1) is 11.3 Å². The lowest BCUT2D eigenvalue weighted by molar-refractivity contribution is -0.134. The minimum Gasteiger partial charge on any atom is -0.378 e. The molecule has 0 spiro atoms. The summed E-state index contributed by atoms with van der Waals surface area (Å²) in [5.74, 6) is -0.176. The van der Waals surface area contributed by atoms with Crippen molar-refractivity contribution in [1.29, 1.82) is 0 Å². The summed E-state index contributed by atoms with van der Waals surface area (Å²) in [5, 5.41) is 5.20. The molecule has 1 aliphatic rings. The fourth-order valence-electron chi connectivity index (χ4n) is 2.51. The summed E-state index contributed by atoms with van der Waals surface area (Å²) in [6.07, 6.45) is 0.347. The Bertz CT molecular complexity index is 739. The number of hydrogen-bond donors (Lipinski definition) is 2. The fraction of sp³-hybridized carbons (Fsp3) is 0.353. The number of nitrogens with two attached hydrogens (primary N) is 1. The van der Waals surface area contributed by atoms with Crippen LogP contribution < -0.4 is 11.1 Å². The molecule has 0 unspecified atom stereocenters. The van der Waals surface area contributed by atoms with Crippen LogP contribution in [0, 0.1) is 0 Å². The molecule has 132 valence electrons. The van der Waals surface area contributed by atoms with E-state index in [0.29, 0.717) is 50.7 Å². The minimum atomic E-state index is -0.270. The summed E-state index contributed by atoms with van der Waals surface area (Å²) < 4.78 is 5.25. The van der Waals surface area contributed by atoms with Crippen molar-refractivity contribution in [2.75, 3.05) is 31.6 Å². The highest BCUT2D eigenvalue weighted by molar-refractivity contribution is 7.09. The summed E-state index contributed by atoms with van der Waals surface area (Å²) in [7, 11) is 0. The van der Waals surface area contributed by atoms with Gasteiger partial charge in [0.05, 0.1) is 19.6 Å². The Hall–Kier alpha value is -2.29. The third kappa shape index (κ3) is 4.62. The molecular weight excluding hydrogens is 340 g/mol. The summed E-state index contributed by atoms with van der Waals surface area (Å²) in [6, 6.07) is 7.27. The van der Waals surface area contributed by atoms with Crippen LogP contribution in [0.2, 0.25) is 0 Å². The van der Waals surface area contributed by atoms with Crippen molar-refractivity contribution in [3.63, 3.8) is 0 Å². The fourth-order valence-corrected chi connectivity index (χ4v) is 3.16. The summed E-state index contributed by atoms with van der Waals surface area (Å²) >= 11 is 1.36. The molecule has 7 nitrogen and oxygen atoms in total. The number of nitrogens with zero attached hydrogens (tertiary/aromatic N) is 2. The van der Waals surface area contributed by atoms with Crippen LogP contribution in [0.3, 0.4) is 0 Å². The molecule has 0 saturated carbocycles. The van der Waals surface area contributed by atoms with E-state index in [9.17, 15) is 9.59 Å². The smallest absolute Gasteiger partial charge is 0.275 e. The van der Waals surface area contributed by atoms with Gasteiger partial charge in [0.25, 0.3) is 5.91 Å². The molecule has 3 rings (SSSR count). The van der Waals surface area contributed by atoms with E-state index in [1.165, 1.54) is 11.3 Å². The Morgan fingerprint density at radius 1 is 1.24 bits per heavy atom. The number of benzene rings is 1. The van der Waals surface area contributed by atoms with Gasteiger partial charge in [0, 0.05) is 30.7 Å². The number of thiazole rings is 1. The van der Waals surface area contributed by atoms with Gasteiger partial charge in [-0.25, -0.2) is 4.98 Å². The van der Waals surface area contributed by atoms with Crippen molar-refractivity contribution in [2.24, 2.45) is 5.73 Å². The van der Waals surface area contributed by atoms with Gasteiger partial charge in [-0.3, -0.25) is 9.59 Å². The second-order valence-electron chi connectivity index (χ2n) is 5.65. The molecule has 2 heterocycles. The normalized spacial score (nSPS) is 14.4. The van der Waals surface area contributed by atoms with Gasteiger partial charge in [0.1, 0.15) is 10.7 Å². The maximum Gasteiger partial charge on any atom is 0.275 e. The monoisotopic (exact) mass is 360 g/mol. The molecule has 1 fully saturated rings. The Morgan fingerprint density at radius 3 is 2.60 bits per heavy atom. The van der Waals surface area contributed by atoms with Gasteiger partial charge in [-0.1, -0.05) is 12.1 Å². The van der Waals surface area contributed by atoms with Crippen LogP contribution >= 0.6 is 11.3 Å². The average molecular weight is 360 g/mol. The summed E-state index contributed by atoms with van der Waals surface area (Å²) in [4.78, 5) is 30.3. The average Bonchev–Trinajstić information content (AvgIpc) is 3.13. The van der Waals surface area contributed by atoms with Crippen LogP contribution in [0.25, 0.3) is 0 Å². The SMILES string of the molecule is NCc1nc(C(=O)Nc2ccc(CC(=O)N3CCOCC3)cc2)cs1. The number of morpholine rings is 1. The van der Waals surface area contributed by atoms with Crippen LogP contribution in [0.4, 0.5) is 5.69 Å². The highest BCUT2D eigenvalue weighted by atomic mass is 32.1. The molecule has 1 aromatic heterocycles. The number of rotatable bonds is 5. The van der Waals surface area contributed by atoms with Gasteiger partial charge in [0.15, 0.2) is 0 Å². The summed E-state index contributed by atoms with van der Waals surface area (Å²) in [6.45, 7) is 2.80. The molecule has 0 atom stereocenters. The maximum absolute atomic E-state index is 12.2. The van der Waals surface area contributed by atoms with Crippen molar-refractivity contribution < 1.29 is 14.3 Å². The number of amides is 2. The van der Waals surface area contributed by atoms with Crippen LogP contribution in [0.5, 0.6) is 0 Å². The molecule has 8 heteroatoms. The molecule has 25 heavy (non-hydrogen) atoms. The van der Waals surface area contributed by atoms with Crippen molar-refractivity contribution in [2.45, 2.75) is 13.0 Å². The lowest BCUT2D eigenvalue weighted by atomic mass is 10.1. The molecule has 0 radical (unpaired) electrons. The van der Waals surface area contributed by atoms with Crippen LogP contribution in [-0.2, 0) is 22.5 Å². The molecule has 2 amide bonds. The number of hydrogen-bond acceptors (Lipinski definition) is 6. The van der Waals surface area contributed by atoms with E-state index in [1.54, 1.807) is 17.5 Å². The van der Waals surface area contributed by atoms with Crippen molar-refractivity contribution in [1.82, 2.24) is 9.88 Å². The number of aromatic nitrogens is 1. The predicted molar refractivity (Wildman–Crippen MR) is 95.5 cm³/mol. The second-order valence-corrected chi connectivity index (χ2v) is 6.59. The lowest BCUT2D eigenvalue weighted by Crippen LogP contribution is -2.41. The first-order chi connectivity index (χ1) is 12.2. The van der Waals surface area contributed by atoms with E-state index in [2.05, 4.69) is 10.3 Å². The van der Waals surface area contributed by atoms with E-state index >= 15 is 0 Å². The number of anilines is 1. The Morgan fingerprint density at radius 2 is 1.96 bits per heavy atom. The zero-order chi connectivity index (χ0) is 17.6. The van der Waals surface area contributed by atoms with E-state index < -0.39 is 0 Å². The number of carbonyl (C=O) groups excluding carboxylic acids is 2. The van der Waals surface area contributed by atoms with Gasteiger partial charge >= 0.3 is 0 Å². The minimum absolute atomic E-state index is 0.0943. The topological polar surface area (TPSA) is 97.5 Å². The van der Waals surface area contributed by atoms with Gasteiger partial charge in [-0.2, -0.15) is 0 Å². The molecule has 0 aliphatic carbocycles. The summed E-state index contributed by atoms with van der Waals surface area (Å²) in [5.41, 5.74) is 7.44. The third-order valence-corrected chi connectivity index (χ3v) is 4.76. The highest BCUT2D eigenvalue weighted by Crippen LogP contribution is 2.14. The van der Waals surface area contributed by atoms with Crippen molar-refractivity contribution >= 4 is 28.8 Å².